The number of aromatic amines is 1. The number of hydrogen-bond acceptors (Lipinski definition) is 7. The molecule has 1 aliphatic carbocycles. The number of rotatable bonds is 3. The molecule has 0 unspecified atom stereocenters. The van der Waals surface area contributed by atoms with Crippen LogP contribution in [0.25, 0.3) is 21.9 Å². The summed E-state index contributed by atoms with van der Waals surface area (Å²) in [5.74, 6) is 1.53. The first-order valence-electron chi connectivity index (χ1n) is 10.4. The number of anilines is 1. The number of aromatic nitrogens is 5. The molecule has 8 nitrogen and oxygen atoms in total. The number of nitrogens with two attached hydrogens (primary N) is 1. The minimum absolute atomic E-state index is 0.0936. The van der Waals surface area contributed by atoms with Crippen LogP contribution in [0.2, 0.25) is 0 Å². The molecule has 1 saturated heterocycles. The van der Waals surface area contributed by atoms with Gasteiger partial charge in [0.05, 0.1) is 23.3 Å². The van der Waals surface area contributed by atoms with Crippen molar-refractivity contribution in [2.45, 2.75) is 32.7 Å². The molecule has 0 radical (unpaired) electrons. The molecule has 1 spiro atoms. The van der Waals surface area contributed by atoms with E-state index in [-0.39, 0.29) is 23.3 Å². The van der Waals surface area contributed by atoms with E-state index in [0.29, 0.717) is 29.6 Å². The van der Waals surface area contributed by atoms with Crippen molar-refractivity contribution in [3.63, 3.8) is 0 Å². The zero-order valence-corrected chi connectivity index (χ0v) is 17.3. The van der Waals surface area contributed by atoms with Crippen LogP contribution in [-0.2, 0) is 0 Å². The van der Waals surface area contributed by atoms with Gasteiger partial charge in [-0.05, 0) is 44.4 Å². The maximum atomic E-state index is 14.3. The summed E-state index contributed by atoms with van der Waals surface area (Å²) in [5.41, 5.74) is 8.87. The predicted octanol–water partition coefficient (Wildman–Crippen LogP) is 3.38. The van der Waals surface area contributed by atoms with Crippen LogP contribution >= 0.6 is 0 Å². The minimum atomic E-state index is -0.286. The SMILES string of the molecule is Cc1ncc(Oc2nc(N3C[C@H](N)C4(CC4)C3)c3c(n2)[nH]c2c(C)cc(F)cc23)cn1. The Bertz CT molecular complexity index is 1330. The Labute approximate surface area is 177 Å². The van der Waals surface area contributed by atoms with Crippen LogP contribution < -0.4 is 15.4 Å². The third-order valence-electron chi connectivity index (χ3n) is 6.55. The van der Waals surface area contributed by atoms with E-state index >= 15 is 0 Å². The van der Waals surface area contributed by atoms with E-state index in [1.165, 1.54) is 12.1 Å². The number of nitrogens with zero attached hydrogens (tertiary/aromatic N) is 5. The van der Waals surface area contributed by atoms with Crippen molar-refractivity contribution in [2.75, 3.05) is 18.0 Å². The molecule has 1 aromatic carbocycles. The van der Waals surface area contributed by atoms with Crippen LogP contribution in [0.5, 0.6) is 11.8 Å². The van der Waals surface area contributed by atoms with Gasteiger partial charge in [-0.25, -0.2) is 14.4 Å². The van der Waals surface area contributed by atoms with Crippen molar-refractivity contribution in [3.8, 4) is 11.8 Å². The average molecular weight is 419 g/mol. The van der Waals surface area contributed by atoms with Gasteiger partial charge in [-0.15, -0.1) is 0 Å². The van der Waals surface area contributed by atoms with E-state index < -0.39 is 0 Å². The first kappa shape index (κ1) is 18.4. The first-order chi connectivity index (χ1) is 14.9. The van der Waals surface area contributed by atoms with Gasteiger partial charge in [-0.2, -0.15) is 9.97 Å². The molecule has 6 rings (SSSR count). The van der Waals surface area contributed by atoms with Crippen LogP contribution in [0.3, 0.4) is 0 Å². The number of fused-ring (bicyclic) bond motifs is 3. The number of ether oxygens (including phenoxy) is 1. The molecule has 1 saturated carbocycles. The van der Waals surface area contributed by atoms with Crippen LogP contribution in [-0.4, -0.2) is 44.1 Å². The van der Waals surface area contributed by atoms with Crippen molar-refractivity contribution < 1.29 is 9.13 Å². The van der Waals surface area contributed by atoms with Crippen molar-refractivity contribution in [1.29, 1.82) is 0 Å². The summed E-state index contributed by atoms with van der Waals surface area (Å²) in [6.45, 7) is 5.20. The molecular weight excluding hydrogens is 397 g/mol. The van der Waals surface area contributed by atoms with E-state index in [0.717, 1.165) is 41.2 Å². The number of hydrogen-bond donors (Lipinski definition) is 2. The summed E-state index contributed by atoms with van der Waals surface area (Å²) in [6, 6.07) is 3.32. The quantitative estimate of drug-likeness (QED) is 0.524. The Morgan fingerprint density at radius 3 is 2.68 bits per heavy atom. The van der Waals surface area contributed by atoms with E-state index in [2.05, 4.69) is 24.8 Å². The predicted molar refractivity (Wildman–Crippen MR) is 115 cm³/mol. The second-order valence-corrected chi connectivity index (χ2v) is 8.74. The molecule has 0 bridgehead atoms. The fourth-order valence-electron chi connectivity index (χ4n) is 4.65. The van der Waals surface area contributed by atoms with Crippen LogP contribution in [0.1, 0.15) is 24.2 Å². The Morgan fingerprint density at radius 1 is 1.19 bits per heavy atom. The van der Waals surface area contributed by atoms with Gasteiger partial charge in [0.1, 0.15) is 23.1 Å². The average Bonchev–Trinajstić information content (AvgIpc) is 3.31. The third-order valence-corrected chi connectivity index (χ3v) is 6.55. The molecule has 3 aromatic heterocycles. The number of H-pyrrole nitrogens is 1. The molecule has 0 amide bonds. The first-order valence-corrected chi connectivity index (χ1v) is 10.4. The monoisotopic (exact) mass is 419 g/mol. The number of aryl methyl sites for hydroxylation is 2. The fourth-order valence-corrected chi connectivity index (χ4v) is 4.65. The highest BCUT2D eigenvalue weighted by Crippen LogP contribution is 2.53. The van der Waals surface area contributed by atoms with Gasteiger partial charge < -0.3 is 20.4 Å². The molecule has 9 heteroatoms. The van der Waals surface area contributed by atoms with Gasteiger partial charge in [-0.1, -0.05) is 0 Å². The van der Waals surface area contributed by atoms with Gasteiger partial charge in [0.25, 0.3) is 0 Å². The highest BCUT2D eigenvalue weighted by Gasteiger charge is 2.54. The smallest absolute Gasteiger partial charge is 0.326 e. The highest BCUT2D eigenvalue weighted by molar-refractivity contribution is 6.12. The lowest BCUT2D eigenvalue weighted by molar-refractivity contribution is 0.439. The van der Waals surface area contributed by atoms with Crippen molar-refractivity contribution in [2.24, 2.45) is 11.1 Å². The van der Waals surface area contributed by atoms with Crippen LogP contribution in [0, 0.1) is 25.1 Å². The molecule has 31 heavy (non-hydrogen) atoms. The van der Waals surface area contributed by atoms with Gasteiger partial charge in [0.15, 0.2) is 5.75 Å². The Morgan fingerprint density at radius 2 is 1.97 bits per heavy atom. The number of benzene rings is 1. The Hall–Kier alpha value is -3.33. The topological polar surface area (TPSA) is 106 Å². The maximum absolute atomic E-state index is 14.3. The van der Waals surface area contributed by atoms with E-state index in [1.807, 2.05) is 6.92 Å². The highest BCUT2D eigenvalue weighted by atomic mass is 19.1. The summed E-state index contributed by atoms with van der Waals surface area (Å²) < 4.78 is 20.2. The zero-order valence-electron chi connectivity index (χ0n) is 17.3. The molecule has 4 heterocycles. The molecule has 1 aliphatic heterocycles. The number of halogens is 1. The maximum Gasteiger partial charge on any atom is 0.326 e. The van der Waals surface area contributed by atoms with Crippen molar-refractivity contribution in [1.82, 2.24) is 24.9 Å². The van der Waals surface area contributed by atoms with E-state index in [9.17, 15) is 4.39 Å². The minimum Gasteiger partial charge on any atom is -0.421 e. The normalized spacial score (nSPS) is 19.6. The third kappa shape index (κ3) is 2.91. The summed E-state index contributed by atoms with van der Waals surface area (Å²) in [4.78, 5) is 23.2. The van der Waals surface area contributed by atoms with Gasteiger partial charge >= 0.3 is 6.01 Å². The Kier molecular flexibility index (Phi) is 3.77. The lowest BCUT2D eigenvalue weighted by atomic mass is 10.0. The van der Waals surface area contributed by atoms with Crippen LogP contribution in [0.4, 0.5) is 10.2 Å². The second kappa shape index (κ2) is 6.34. The fraction of sp³-hybridized carbons (Fsp3) is 0.364. The summed E-state index contributed by atoms with van der Waals surface area (Å²) >= 11 is 0. The van der Waals surface area contributed by atoms with Gasteiger partial charge in [-0.3, -0.25) is 0 Å². The van der Waals surface area contributed by atoms with Crippen molar-refractivity contribution in [3.05, 3.63) is 41.7 Å². The lowest BCUT2D eigenvalue weighted by Crippen LogP contribution is -2.30. The van der Waals surface area contributed by atoms with Gasteiger partial charge in [0.2, 0.25) is 0 Å². The lowest BCUT2D eigenvalue weighted by Gasteiger charge is -2.19. The number of nitrogens with one attached hydrogen (secondary N) is 1. The van der Waals surface area contributed by atoms with E-state index in [1.54, 1.807) is 19.3 Å². The second-order valence-electron chi connectivity index (χ2n) is 8.74. The summed E-state index contributed by atoms with van der Waals surface area (Å²) in [7, 11) is 0. The molecular formula is C22H22FN7O. The van der Waals surface area contributed by atoms with Gasteiger partial charge in [0, 0.05) is 29.9 Å². The molecule has 1 atom stereocenters. The van der Waals surface area contributed by atoms with E-state index in [4.69, 9.17) is 15.5 Å². The van der Waals surface area contributed by atoms with Crippen molar-refractivity contribution >= 4 is 27.8 Å². The summed E-state index contributed by atoms with van der Waals surface area (Å²) in [6.07, 6.45) is 5.44. The zero-order chi connectivity index (χ0) is 21.3. The molecule has 3 N–H and O–H groups in total. The molecule has 2 fully saturated rings. The molecule has 4 aromatic rings. The molecule has 158 valence electrons. The molecule has 2 aliphatic rings. The van der Waals surface area contributed by atoms with Crippen LogP contribution in [0.15, 0.2) is 24.5 Å². The largest absolute Gasteiger partial charge is 0.421 e. The standard InChI is InChI=1S/C22H22FN7O/c1-11-5-13(23)6-15-17-19(27-18(11)15)28-21(31-14-7-25-12(2)26-8-14)29-20(17)30-9-16(24)22(10-30)3-4-22/h5-8,16H,3-4,9-10,24H2,1-2H3,(H,27,28,29)/t16-/m0/s1. The summed E-state index contributed by atoms with van der Waals surface area (Å²) in [5, 5.41) is 1.55. The Balaban J connectivity index is 1.54.